The maximum atomic E-state index is 13.5. The zero-order valence-corrected chi connectivity index (χ0v) is 64.4. The molecule has 0 radical (unpaired) electrons. The summed E-state index contributed by atoms with van der Waals surface area (Å²) in [7, 11) is 0. The van der Waals surface area contributed by atoms with Crippen LogP contribution >= 0.6 is 0 Å². The molecule has 0 aliphatic carbocycles. The van der Waals surface area contributed by atoms with Crippen LogP contribution in [-0.4, -0.2) is 193 Å². The third kappa shape index (κ3) is 44.4. The van der Waals surface area contributed by atoms with Crippen molar-refractivity contribution in [3.05, 3.63) is 134 Å². The monoisotopic (exact) mass is 1480 g/mol. The largest absolute Gasteiger partial charge is 0.394 e. The van der Waals surface area contributed by atoms with E-state index in [1.54, 1.807) is 6.08 Å². The van der Waals surface area contributed by atoms with Crippen molar-refractivity contribution in [1.82, 2.24) is 5.32 Å². The molecule has 602 valence electrons. The molecule has 0 spiro atoms. The fourth-order valence-electron chi connectivity index (χ4n) is 12.9. The molecule has 105 heavy (non-hydrogen) atoms. The van der Waals surface area contributed by atoms with E-state index in [0.29, 0.717) is 12.8 Å². The van der Waals surface area contributed by atoms with Gasteiger partial charge in [0.15, 0.2) is 18.9 Å². The Morgan fingerprint density at radius 1 is 0.352 bits per heavy atom. The Morgan fingerprint density at radius 3 is 1.07 bits per heavy atom. The molecule has 0 saturated carbocycles. The lowest BCUT2D eigenvalue weighted by Crippen LogP contribution is -2.66. The molecule has 19 nitrogen and oxygen atoms in total. The van der Waals surface area contributed by atoms with Crippen LogP contribution in [0.15, 0.2) is 134 Å². The third-order valence-electron chi connectivity index (χ3n) is 19.4. The number of nitrogens with one attached hydrogen (secondary N) is 1. The van der Waals surface area contributed by atoms with Crippen molar-refractivity contribution in [2.45, 2.75) is 375 Å². The summed E-state index contributed by atoms with van der Waals surface area (Å²) in [4.78, 5) is 13.5. The highest BCUT2D eigenvalue weighted by atomic mass is 16.8. The van der Waals surface area contributed by atoms with E-state index in [1.807, 2.05) is 6.08 Å². The lowest BCUT2D eigenvalue weighted by Gasteiger charge is -2.48. The first-order valence-electron chi connectivity index (χ1n) is 40.9. The number of aliphatic hydroxyl groups excluding tert-OH is 11. The standard InChI is InChI=1S/C86H145NO18/c1-3-5-7-9-11-13-15-17-19-21-23-25-27-29-30-31-32-33-34-35-36-37-38-40-42-44-46-48-50-52-54-56-58-60-62-64-74(92)87-69(70(91)63-61-59-57-55-53-51-49-47-45-43-41-39-28-26-24-22-20-18-16-14-12-10-8-6-4-2)68-100-84-80(98)77(95)82(72(66-89)102-84)105-86-81(99)78(96)83(73(67-90)103-86)104-85-79(97)76(94)75(93)71(65-88)101-85/h5,7,11,13,17,19,23,25,29-30,32-33,35-36,38,40,45,47,53,55,61,63,69-73,75-86,88-91,93-99H,3-4,6,8-10,12,14-16,18,20-22,24,26-28,31,34,37,39,41-44,46,48-52,54,56-60,62,64-68H2,1-2H3,(H,87,92)/b7-5-,13-11-,19-17-,25-23-,30-29-,33-32-,36-35-,40-38-,47-45+,55-53+,63-61+. The van der Waals surface area contributed by atoms with E-state index in [2.05, 4.69) is 141 Å². The summed E-state index contributed by atoms with van der Waals surface area (Å²) in [6, 6.07) is -1.01. The predicted molar refractivity (Wildman–Crippen MR) is 419 cm³/mol. The first kappa shape index (κ1) is 95.1. The van der Waals surface area contributed by atoms with Crippen LogP contribution in [0.5, 0.6) is 0 Å². The van der Waals surface area contributed by atoms with Crippen LogP contribution in [0.2, 0.25) is 0 Å². The summed E-state index contributed by atoms with van der Waals surface area (Å²) in [5, 5.41) is 121. The Bertz CT molecular complexity index is 2420. The first-order chi connectivity index (χ1) is 51.3. The van der Waals surface area contributed by atoms with Gasteiger partial charge in [-0.25, -0.2) is 0 Å². The van der Waals surface area contributed by atoms with Crippen LogP contribution in [0.25, 0.3) is 0 Å². The minimum atomic E-state index is -1.99. The molecule has 12 N–H and O–H groups in total. The minimum Gasteiger partial charge on any atom is -0.394 e. The molecule has 17 unspecified atom stereocenters. The Balaban J connectivity index is 1.39. The van der Waals surface area contributed by atoms with E-state index in [-0.39, 0.29) is 18.9 Å². The lowest BCUT2D eigenvalue weighted by atomic mass is 9.96. The van der Waals surface area contributed by atoms with Crippen molar-refractivity contribution in [3.8, 4) is 0 Å². The van der Waals surface area contributed by atoms with Gasteiger partial charge in [0.25, 0.3) is 0 Å². The highest BCUT2D eigenvalue weighted by Crippen LogP contribution is 2.33. The van der Waals surface area contributed by atoms with Crippen LogP contribution in [0.4, 0.5) is 0 Å². The molecule has 3 aliphatic rings. The number of carbonyl (C=O) groups is 1. The van der Waals surface area contributed by atoms with Crippen LogP contribution in [-0.2, 0) is 33.2 Å². The Labute approximate surface area is 632 Å². The van der Waals surface area contributed by atoms with Gasteiger partial charge in [-0.15, -0.1) is 0 Å². The van der Waals surface area contributed by atoms with Crippen LogP contribution in [0, 0.1) is 0 Å². The van der Waals surface area contributed by atoms with Crippen molar-refractivity contribution in [1.29, 1.82) is 0 Å². The smallest absolute Gasteiger partial charge is 0.220 e. The van der Waals surface area contributed by atoms with Crippen molar-refractivity contribution >= 4 is 5.91 Å². The van der Waals surface area contributed by atoms with Gasteiger partial charge in [-0.3, -0.25) is 4.79 Å². The number of hydrogen-bond acceptors (Lipinski definition) is 18. The van der Waals surface area contributed by atoms with Crippen molar-refractivity contribution in [3.63, 3.8) is 0 Å². The number of unbranched alkanes of at least 4 members (excludes halogenated alkanes) is 27. The average molecular weight is 1480 g/mol. The summed E-state index contributed by atoms with van der Waals surface area (Å²) in [6.45, 7) is 1.60. The van der Waals surface area contributed by atoms with Gasteiger partial charge in [0.1, 0.15) is 73.2 Å². The van der Waals surface area contributed by atoms with Gasteiger partial charge in [0, 0.05) is 6.42 Å². The molecule has 17 atom stereocenters. The number of hydrogen-bond donors (Lipinski definition) is 12. The SMILES string of the molecule is CC/C=C\C/C=C\C/C=C\C/C=C\C/C=C\C/C=C\C/C=C\C/C=C\CCCCCCCCCCCCC(=O)NC(COC1OC(CO)C(OC2OC(CO)C(OC3OC(CO)C(O)C(O)C3O)C(O)C2O)C(O)C1O)C(O)/C=C/CC/C=C/CC/C=C/CCCCCCCCCCCCCCCCC. The molecule has 19 heteroatoms. The molecule has 3 heterocycles. The number of aliphatic hydroxyl groups is 11. The molecular formula is C86H145NO18. The number of carbonyl (C=O) groups excluding carboxylic acids is 1. The van der Waals surface area contributed by atoms with Gasteiger partial charge in [0.2, 0.25) is 5.91 Å². The summed E-state index contributed by atoms with van der Waals surface area (Å²) in [5.41, 5.74) is 0. The Morgan fingerprint density at radius 2 is 0.667 bits per heavy atom. The molecule has 0 aromatic heterocycles. The van der Waals surface area contributed by atoms with Crippen molar-refractivity contribution < 1.29 is 89.4 Å². The van der Waals surface area contributed by atoms with Crippen molar-refractivity contribution in [2.75, 3.05) is 26.4 Å². The maximum absolute atomic E-state index is 13.5. The number of allylic oxidation sites excluding steroid dienone is 21. The van der Waals surface area contributed by atoms with E-state index in [0.717, 1.165) is 109 Å². The van der Waals surface area contributed by atoms with Gasteiger partial charge < -0.3 is 89.9 Å². The van der Waals surface area contributed by atoms with E-state index in [9.17, 15) is 61.0 Å². The van der Waals surface area contributed by atoms with Gasteiger partial charge in [-0.05, 0) is 109 Å². The summed E-state index contributed by atoms with van der Waals surface area (Å²) < 4.78 is 34.4. The maximum Gasteiger partial charge on any atom is 0.220 e. The average Bonchev–Trinajstić information content (AvgIpc) is 0.781. The fourth-order valence-corrected chi connectivity index (χ4v) is 12.9. The van der Waals surface area contributed by atoms with Crippen molar-refractivity contribution in [2.24, 2.45) is 0 Å². The van der Waals surface area contributed by atoms with E-state index in [1.165, 1.54) is 128 Å². The second-order valence-corrected chi connectivity index (χ2v) is 28.5. The molecule has 0 aromatic carbocycles. The fraction of sp³-hybridized carbons (Fsp3) is 0.733. The molecule has 0 aromatic rings. The second kappa shape index (κ2) is 64.7. The number of rotatable bonds is 63. The van der Waals surface area contributed by atoms with Gasteiger partial charge >= 0.3 is 0 Å². The molecule has 0 bridgehead atoms. The molecule has 3 rings (SSSR count). The zero-order chi connectivity index (χ0) is 76.0. The normalized spacial score (nSPS) is 26.5. The minimum absolute atomic E-state index is 0.218. The van der Waals surface area contributed by atoms with Crippen LogP contribution in [0.3, 0.4) is 0 Å². The lowest BCUT2D eigenvalue weighted by molar-refractivity contribution is -0.379. The quantitative estimate of drug-likeness (QED) is 0.0199. The molecular weight excluding hydrogens is 1330 g/mol. The van der Waals surface area contributed by atoms with Gasteiger partial charge in [-0.1, -0.05) is 289 Å². The molecule has 3 saturated heterocycles. The zero-order valence-electron chi connectivity index (χ0n) is 64.4. The summed E-state index contributed by atoms with van der Waals surface area (Å²) >= 11 is 0. The predicted octanol–water partition coefficient (Wildman–Crippen LogP) is 14.1. The van der Waals surface area contributed by atoms with Gasteiger partial charge in [0.05, 0.1) is 38.6 Å². The number of ether oxygens (including phenoxy) is 6. The topological polar surface area (TPSA) is 307 Å². The van der Waals surface area contributed by atoms with Crippen LogP contribution in [0.1, 0.15) is 271 Å². The van der Waals surface area contributed by atoms with E-state index in [4.69, 9.17) is 28.4 Å². The molecule has 1 amide bonds. The Kier molecular flexibility index (Phi) is 58.6. The second-order valence-electron chi connectivity index (χ2n) is 28.5. The van der Waals surface area contributed by atoms with E-state index >= 15 is 0 Å². The third-order valence-corrected chi connectivity index (χ3v) is 19.4. The summed E-state index contributed by atoms with van der Waals surface area (Å²) in [5.74, 6) is -0.298. The molecule has 3 aliphatic heterocycles. The molecule has 3 fully saturated rings. The number of amides is 1. The Hall–Kier alpha value is -4.07. The van der Waals surface area contributed by atoms with Gasteiger partial charge in [-0.2, -0.15) is 0 Å². The first-order valence-corrected chi connectivity index (χ1v) is 40.9. The summed E-state index contributed by atoms with van der Waals surface area (Å²) in [6.07, 6.45) is 65.7. The van der Waals surface area contributed by atoms with Crippen LogP contribution < -0.4 is 5.32 Å². The highest BCUT2D eigenvalue weighted by Gasteiger charge is 2.54. The van der Waals surface area contributed by atoms with E-state index < -0.39 is 124 Å². The highest BCUT2D eigenvalue weighted by molar-refractivity contribution is 5.76.